The highest BCUT2D eigenvalue weighted by Crippen LogP contribution is 2.60. The first-order chi connectivity index (χ1) is 13.1. The van der Waals surface area contributed by atoms with E-state index in [0.29, 0.717) is 17.8 Å². The lowest BCUT2D eigenvalue weighted by atomic mass is 9.49. The lowest BCUT2D eigenvalue weighted by Gasteiger charge is -2.55. The molecule has 144 valence electrons. The molecule has 6 rings (SSSR count). The fourth-order valence-electron chi connectivity index (χ4n) is 6.58. The quantitative estimate of drug-likeness (QED) is 0.753. The number of carbonyl (C=O) groups is 2. The van der Waals surface area contributed by atoms with E-state index in [1.165, 1.54) is 19.3 Å². The smallest absolute Gasteiger partial charge is 0.313 e. The number of ether oxygens (including phenoxy) is 1. The van der Waals surface area contributed by atoms with E-state index < -0.39 is 6.10 Å². The molecule has 0 N–H and O–H groups in total. The standard InChI is InChI=1S/C23H29NO3/c25-21(24-8-4-5-9-24)20(19-6-2-1-3-7-19)27-22(26)23-13-16-10-17(14-23)12-18(11-16)15-23/h1-3,6-7,16-18,20H,4-5,8-15H2/t16?,17?,18?,20-,23?/m0/s1. The molecule has 1 aromatic carbocycles. The van der Waals surface area contributed by atoms with Crippen molar-refractivity contribution in [3.05, 3.63) is 35.9 Å². The number of esters is 1. The molecule has 1 aromatic rings. The van der Waals surface area contributed by atoms with Crippen LogP contribution in [0.5, 0.6) is 0 Å². The molecule has 0 aromatic heterocycles. The number of carbonyl (C=O) groups excluding carboxylic acids is 2. The van der Waals surface area contributed by atoms with Gasteiger partial charge in [-0.05, 0) is 69.1 Å². The van der Waals surface area contributed by atoms with E-state index in [0.717, 1.165) is 50.8 Å². The molecular formula is C23H29NO3. The molecule has 4 bridgehead atoms. The molecule has 0 radical (unpaired) electrons. The van der Waals surface area contributed by atoms with Gasteiger partial charge in [0, 0.05) is 18.7 Å². The minimum Gasteiger partial charge on any atom is -0.447 e. The molecule has 4 nitrogen and oxygen atoms in total. The highest BCUT2D eigenvalue weighted by atomic mass is 16.5. The van der Waals surface area contributed by atoms with Gasteiger partial charge in [-0.3, -0.25) is 9.59 Å². The van der Waals surface area contributed by atoms with E-state index >= 15 is 0 Å². The molecule has 1 aliphatic heterocycles. The summed E-state index contributed by atoms with van der Waals surface area (Å²) in [6.45, 7) is 1.55. The molecule has 5 fully saturated rings. The molecule has 0 unspecified atom stereocenters. The van der Waals surface area contributed by atoms with Crippen molar-refractivity contribution in [1.29, 1.82) is 0 Å². The van der Waals surface area contributed by atoms with E-state index in [-0.39, 0.29) is 17.3 Å². The van der Waals surface area contributed by atoms with Crippen LogP contribution in [0.15, 0.2) is 30.3 Å². The van der Waals surface area contributed by atoms with Crippen LogP contribution in [0.25, 0.3) is 0 Å². The monoisotopic (exact) mass is 367 g/mol. The van der Waals surface area contributed by atoms with Gasteiger partial charge < -0.3 is 9.64 Å². The van der Waals surface area contributed by atoms with Gasteiger partial charge >= 0.3 is 5.97 Å². The molecule has 27 heavy (non-hydrogen) atoms. The van der Waals surface area contributed by atoms with Gasteiger partial charge in [-0.2, -0.15) is 0 Å². The number of benzene rings is 1. The zero-order valence-electron chi connectivity index (χ0n) is 15.9. The van der Waals surface area contributed by atoms with Gasteiger partial charge in [0.2, 0.25) is 6.10 Å². The van der Waals surface area contributed by atoms with Crippen molar-refractivity contribution < 1.29 is 14.3 Å². The average molecular weight is 367 g/mol. The third-order valence-corrected chi connectivity index (χ3v) is 7.44. The van der Waals surface area contributed by atoms with Gasteiger partial charge in [0.1, 0.15) is 0 Å². The molecule has 1 atom stereocenters. The summed E-state index contributed by atoms with van der Waals surface area (Å²) in [7, 11) is 0. The fourth-order valence-corrected chi connectivity index (χ4v) is 6.58. The van der Waals surface area contributed by atoms with Gasteiger partial charge in [-0.1, -0.05) is 30.3 Å². The SMILES string of the molecule is O=C([C@@H](OC(=O)C12CC3CC(CC(C3)C1)C2)c1ccccc1)N1CCCC1. The number of amides is 1. The molecule has 4 aliphatic carbocycles. The Labute approximate surface area is 161 Å². The second-order valence-corrected chi connectivity index (χ2v) is 9.43. The second-order valence-electron chi connectivity index (χ2n) is 9.43. The maximum atomic E-state index is 13.4. The molecule has 4 heteroatoms. The Morgan fingerprint density at radius 2 is 1.48 bits per heavy atom. The summed E-state index contributed by atoms with van der Waals surface area (Å²) in [5.74, 6) is 1.91. The Balaban J connectivity index is 1.39. The molecular weight excluding hydrogens is 338 g/mol. The minimum atomic E-state index is -0.787. The van der Waals surface area contributed by atoms with Gasteiger partial charge in [0.15, 0.2) is 0 Å². The van der Waals surface area contributed by atoms with Crippen molar-refractivity contribution in [2.75, 3.05) is 13.1 Å². The van der Waals surface area contributed by atoms with Crippen molar-refractivity contribution in [1.82, 2.24) is 4.90 Å². The zero-order valence-corrected chi connectivity index (χ0v) is 15.9. The van der Waals surface area contributed by atoms with Gasteiger partial charge in [0.25, 0.3) is 5.91 Å². The molecule has 1 saturated heterocycles. The molecule has 1 amide bonds. The summed E-state index contributed by atoms with van der Waals surface area (Å²) in [5, 5.41) is 0. The number of hydrogen-bond acceptors (Lipinski definition) is 3. The summed E-state index contributed by atoms with van der Waals surface area (Å²) in [4.78, 5) is 28.4. The predicted molar refractivity (Wildman–Crippen MR) is 102 cm³/mol. The van der Waals surface area contributed by atoms with Crippen molar-refractivity contribution in [3.8, 4) is 0 Å². The molecule has 0 spiro atoms. The maximum Gasteiger partial charge on any atom is 0.313 e. The number of rotatable bonds is 4. The van der Waals surface area contributed by atoms with Crippen molar-refractivity contribution in [2.24, 2.45) is 23.2 Å². The number of hydrogen-bond donors (Lipinski definition) is 0. The van der Waals surface area contributed by atoms with Gasteiger partial charge in [-0.15, -0.1) is 0 Å². The van der Waals surface area contributed by atoms with Crippen LogP contribution in [-0.4, -0.2) is 29.9 Å². The maximum absolute atomic E-state index is 13.4. The number of nitrogens with zero attached hydrogens (tertiary/aromatic N) is 1. The van der Waals surface area contributed by atoms with Crippen molar-refractivity contribution in [2.45, 2.75) is 57.5 Å². The lowest BCUT2D eigenvalue weighted by Crippen LogP contribution is -2.51. The van der Waals surface area contributed by atoms with Crippen LogP contribution in [0, 0.1) is 23.2 Å². The summed E-state index contributed by atoms with van der Waals surface area (Å²) in [6.07, 6.45) is 8.08. The van der Waals surface area contributed by atoms with Gasteiger partial charge in [0.05, 0.1) is 5.41 Å². The molecule has 5 aliphatic rings. The third kappa shape index (κ3) is 3.07. The van der Waals surface area contributed by atoms with Gasteiger partial charge in [-0.25, -0.2) is 0 Å². The lowest BCUT2D eigenvalue weighted by molar-refractivity contribution is -0.181. The normalized spacial score (nSPS) is 35.3. The Kier molecular flexibility index (Phi) is 4.25. The van der Waals surface area contributed by atoms with Crippen LogP contribution in [0.1, 0.15) is 63.0 Å². The van der Waals surface area contributed by atoms with E-state index in [1.54, 1.807) is 0 Å². The van der Waals surface area contributed by atoms with Crippen LogP contribution in [0.2, 0.25) is 0 Å². The third-order valence-electron chi connectivity index (χ3n) is 7.44. The van der Waals surface area contributed by atoms with Crippen LogP contribution >= 0.6 is 0 Å². The Morgan fingerprint density at radius 3 is 2.04 bits per heavy atom. The average Bonchev–Trinajstić information content (AvgIpc) is 3.20. The Bertz CT molecular complexity index is 687. The van der Waals surface area contributed by atoms with Crippen LogP contribution in [0.3, 0.4) is 0 Å². The van der Waals surface area contributed by atoms with E-state index in [1.807, 2.05) is 35.2 Å². The van der Waals surface area contributed by atoms with E-state index in [4.69, 9.17) is 4.74 Å². The summed E-state index contributed by atoms with van der Waals surface area (Å²) < 4.78 is 6.07. The summed E-state index contributed by atoms with van der Waals surface area (Å²) in [5.41, 5.74) is 0.472. The highest BCUT2D eigenvalue weighted by molar-refractivity contribution is 5.87. The Hall–Kier alpha value is -1.84. The molecule has 1 heterocycles. The predicted octanol–water partition coefficient (Wildman–Crippen LogP) is 4.11. The Morgan fingerprint density at radius 1 is 0.926 bits per heavy atom. The zero-order chi connectivity index (χ0) is 18.4. The first-order valence-electron chi connectivity index (χ1n) is 10.7. The van der Waals surface area contributed by atoms with Crippen LogP contribution < -0.4 is 0 Å². The summed E-state index contributed by atoms with van der Waals surface area (Å²) >= 11 is 0. The van der Waals surface area contributed by atoms with Crippen molar-refractivity contribution >= 4 is 11.9 Å². The largest absolute Gasteiger partial charge is 0.447 e. The summed E-state index contributed by atoms with van der Waals surface area (Å²) in [6, 6.07) is 9.58. The fraction of sp³-hybridized carbons (Fsp3) is 0.652. The van der Waals surface area contributed by atoms with Crippen LogP contribution in [-0.2, 0) is 14.3 Å². The minimum absolute atomic E-state index is 0.0446. The number of likely N-dealkylation sites (tertiary alicyclic amines) is 1. The van der Waals surface area contributed by atoms with E-state index in [2.05, 4.69) is 0 Å². The first-order valence-corrected chi connectivity index (χ1v) is 10.7. The second kappa shape index (κ2) is 6.65. The highest BCUT2D eigenvalue weighted by Gasteiger charge is 2.56. The first kappa shape index (κ1) is 17.3. The van der Waals surface area contributed by atoms with E-state index in [9.17, 15) is 9.59 Å². The van der Waals surface area contributed by atoms with Crippen molar-refractivity contribution in [3.63, 3.8) is 0 Å². The molecule has 4 saturated carbocycles. The topological polar surface area (TPSA) is 46.6 Å². The van der Waals surface area contributed by atoms with Crippen LogP contribution in [0.4, 0.5) is 0 Å².